The predicted octanol–water partition coefficient (Wildman–Crippen LogP) is 4.03. The Morgan fingerprint density at radius 1 is 1.26 bits per heavy atom. The lowest BCUT2D eigenvalue weighted by atomic mass is 9.82. The van der Waals surface area contributed by atoms with Gasteiger partial charge in [0.25, 0.3) is 0 Å². The molecule has 0 amide bonds. The van der Waals surface area contributed by atoms with E-state index < -0.39 is 5.41 Å². The molecule has 0 aliphatic rings. The second kappa shape index (κ2) is 7.22. The SMILES string of the molecule is CCOC(=O)C(C)(C)C(Nc1ccc(OC)cc1)c1ccco1. The van der Waals surface area contributed by atoms with E-state index in [4.69, 9.17) is 13.9 Å². The van der Waals surface area contributed by atoms with Crippen LogP contribution >= 0.6 is 0 Å². The van der Waals surface area contributed by atoms with Gasteiger partial charge in [-0.3, -0.25) is 4.79 Å². The van der Waals surface area contributed by atoms with Crippen molar-refractivity contribution in [3.63, 3.8) is 0 Å². The molecule has 2 rings (SSSR count). The standard InChI is InChI=1S/C18H23NO4/c1-5-22-17(20)18(2,3)16(15-7-6-12-23-15)19-13-8-10-14(21-4)11-9-13/h6-12,16,19H,5H2,1-4H3. The van der Waals surface area contributed by atoms with Gasteiger partial charge in [0.1, 0.15) is 17.6 Å². The number of esters is 1. The molecule has 0 saturated heterocycles. The normalized spacial score (nSPS) is 12.5. The Kier molecular flexibility index (Phi) is 5.32. The highest BCUT2D eigenvalue weighted by atomic mass is 16.5. The number of anilines is 1. The lowest BCUT2D eigenvalue weighted by molar-refractivity contribution is -0.154. The molecule has 1 aromatic carbocycles. The van der Waals surface area contributed by atoms with Crippen molar-refractivity contribution in [3.05, 3.63) is 48.4 Å². The lowest BCUT2D eigenvalue weighted by Crippen LogP contribution is -2.37. The third-order valence-corrected chi connectivity index (χ3v) is 3.75. The smallest absolute Gasteiger partial charge is 0.314 e. The van der Waals surface area contributed by atoms with Crippen molar-refractivity contribution in [2.45, 2.75) is 26.8 Å². The first-order chi connectivity index (χ1) is 11.0. The number of rotatable bonds is 7. The first-order valence-electron chi connectivity index (χ1n) is 7.60. The van der Waals surface area contributed by atoms with Crippen LogP contribution in [0.2, 0.25) is 0 Å². The Balaban J connectivity index is 2.29. The molecule has 0 saturated carbocycles. The summed E-state index contributed by atoms with van der Waals surface area (Å²) in [7, 11) is 1.62. The molecule has 1 N–H and O–H groups in total. The third-order valence-electron chi connectivity index (χ3n) is 3.75. The second-order valence-electron chi connectivity index (χ2n) is 5.76. The largest absolute Gasteiger partial charge is 0.497 e. The summed E-state index contributed by atoms with van der Waals surface area (Å²) in [4.78, 5) is 12.4. The number of carbonyl (C=O) groups is 1. The molecule has 5 nitrogen and oxygen atoms in total. The molecule has 2 aromatic rings. The van der Waals surface area contributed by atoms with Gasteiger partial charge < -0.3 is 19.2 Å². The Labute approximate surface area is 136 Å². The zero-order chi connectivity index (χ0) is 16.9. The number of hydrogen-bond donors (Lipinski definition) is 1. The minimum atomic E-state index is -0.798. The van der Waals surface area contributed by atoms with Crippen molar-refractivity contribution < 1.29 is 18.7 Å². The number of benzene rings is 1. The fraction of sp³-hybridized carbons (Fsp3) is 0.389. The zero-order valence-corrected chi connectivity index (χ0v) is 14.0. The maximum absolute atomic E-state index is 12.4. The molecule has 1 unspecified atom stereocenters. The van der Waals surface area contributed by atoms with E-state index in [-0.39, 0.29) is 12.0 Å². The second-order valence-corrected chi connectivity index (χ2v) is 5.76. The van der Waals surface area contributed by atoms with Crippen LogP contribution < -0.4 is 10.1 Å². The number of nitrogens with one attached hydrogen (secondary N) is 1. The van der Waals surface area contributed by atoms with Gasteiger partial charge in [-0.15, -0.1) is 0 Å². The Morgan fingerprint density at radius 2 is 1.96 bits per heavy atom. The van der Waals surface area contributed by atoms with Crippen LogP contribution in [0, 0.1) is 5.41 Å². The molecule has 0 bridgehead atoms. The first kappa shape index (κ1) is 16.9. The zero-order valence-electron chi connectivity index (χ0n) is 14.0. The summed E-state index contributed by atoms with van der Waals surface area (Å²) in [5.41, 5.74) is 0.0675. The Morgan fingerprint density at radius 3 is 2.48 bits per heavy atom. The summed E-state index contributed by atoms with van der Waals surface area (Å²) in [6.07, 6.45) is 1.60. The first-order valence-corrected chi connectivity index (χ1v) is 7.60. The maximum Gasteiger partial charge on any atom is 0.314 e. The van der Waals surface area contributed by atoms with Gasteiger partial charge in [-0.1, -0.05) is 0 Å². The van der Waals surface area contributed by atoms with Crippen molar-refractivity contribution in [1.82, 2.24) is 0 Å². The van der Waals surface area contributed by atoms with Gasteiger partial charge in [-0.2, -0.15) is 0 Å². The highest BCUT2D eigenvalue weighted by Gasteiger charge is 2.41. The summed E-state index contributed by atoms with van der Waals surface area (Å²) in [6, 6.07) is 10.8. The van der Waals surface area contributed by atoms with Crippen molar-refractivity contribution in [2.24, 2.45) is 5.41 Å². The third kappa shape index (κ3) is 3.86. The summed E-state index contributed by atoms with van der Waals surface area (Å²) < 4.78 is 15.9. The monoisotopic (exact) mass is 317 g/mol. The lowest BCUT2D eigenvalue weighted by Gasteiger charge is -2.32. The quantitative estimate of drug-likeness (QED) is 0.781. The van der Waals surface area contributed by atoms with E-state index in [1.807, 2.05) is 44.2 Å². The summed E-state index contributed by atoms with van der Waals surface area (Å²) in [6.45, 7) is 5.83. The number of ether oxygens (including phenoxy) is 2. The molecule has 0 aliphatic carbocycles. The fourth-order valence-corrected chi connectivity index (χ4v) is 2.35. The van der Waals surface area contributed by atoms with Crippen molar-refractivity contribution in [1.29, 1.82) is 0 Å². The Hall–Kier alpha value is -2.43. The van der Waals surface area contributed by atoms with Crippen molar-refractivity contribution in [3.8, 4) is 5.75 Å². The van der Waals surface area contributed by atoms with Crippen LogP contribution in [0.15, 0.2) is 47.1 Å². The minimum Gasteiger partial charge on any atom is -0.497 e. The van der Waals surface area contributed by atoms with E-state index in [0.29, 0.717) is 12.4 Å². The fourth-order valence-electron chi connectivity index (χ4n) is 2.35. The highest BCUT2D eigenvalue weighted by Crippen LogP contribution is 2.38. The molecule has 0 fully saturated rings. The average molecular weight is 317 g/mol. The summed E-state index contributed by atoms with van der Waals surface area (Å²) in [5, 5.41) is 3.36. The van der Waals surface area contributed by atoms with E-state index >= 15 is 0 Å². The average Bonchev–Trinajstić information content (AvgIpc) is 3.07. The minimum absolute atomic E-state index is 0.276. The van der Waals surface area contributed by atoms with Crippen LogP contribution in [0.1, 0.15) is 32.6 Å². The molecule has 5 heteroatoms. The number of methoxy groups -OCH3 is 1. The van der Waals surface area contributed by atoms with E-state index in [1.54, 1.807) is 26.4 Å². The molecular weight excluding hydrogens is 294 g/mol. The highest BCUT2D eigenvalue weighted by molar-refractivity contribution is 5.78. The molecule has 23 heavy (non-hydrogen) atoms. The summed E-state index contributed by atoms with van der Waals surface area (Å²) in [5.74, 6) is 1.18. The van der Waals surface area contributed by atoms with E-state index in [9.17, 15) is 4.79 Å². The van der Waals surface area contributed by atoms with Gasteiger partial charge in [0, 0.05) is 5.69 Å². The van der Waals surface area contributed by atoms with Crippen LogP contribution in [-0.4, -0.2) is 19.7 Å². The van der Waals surface area contributed by atoms with Crippen LogP contribution in [0.25, 0.3) is 0 Å². The van der Waals surface area contributed by atoms with Gasteiger partial charge in [0.05, 0.1) is 25.4 Å². The van der Waals surface area contributed by atoms with Crippen molar-refractivity contribution >= 4 is 11.7 Å². The molecule has 0 aliphatic heterocycles. The molecule has 0 spiro atoms. The van der Waals surface area contributed by atoms with Crippen LogP contribution in [0.3, 0.4) is 0 Å². The number of furan rings is 1. The van der Waals surface area contributed by atoms with Gasteiger partial charge in [-0.05, 0) is 57.2 Å². The van der Waals surface area contributed by atoms with Gasteiger partial charge >= 0.3 is 5.97 Å². The van der Waals surface area contributed by atoms with E-state index in [2.05, 4.69) is 5.32 Å². The molecule has 1 aromatic heterocycles. The van der Waals surface area contributed by atoms with Gasteiger partial charge in [0.2, 0.25) is 0 Å². The number of hydrogen-bond acceptors (Lipinski definition) is 5. The molecule has 1 atom stereocenters. The maximum atomic E-state index is 12.4. The van der Waals surface area contributed by atoms with E-state index in [0.717, 1.165) is 11.4 Å². The van der Waals surface area contributed by atoms with E-state index in [1.165, 1.54) is 0 Å². The Bertz CT molecular complexity index is 617. The van der Waals surface area contributed by atoms with Crippen LogP contribution in [0.4, 0.5) is 5.69 Å². The topological polar surface area (TPSA) is 60.7 Å². The molecule has 124 valence electrons. The molecular formula is C18H23NO4. The van der Waals surface area contributed by atoms with Gasteiger partial charge in [-0.25, -0.2) is 0 Å². The van der Waals surface area contributed by atoms with Crippen LogP contribution in [-0.2, 0) is 9.53 Å². The summed E-state index contributed by atoms with van der Waals surface area (Å²) >= 11 is 0. The predicted molar refractivity (Wildman–Crippen MR) is 88.5 cm³/mol. The number of carbonyl (C=O) groups excluding carboxylic acids is 1. The molecule has 1 heterocycles. The van der Waals surface area contributed by atoms with Crippen LogP contribution in [0.5, 0.6) is 5.75 Å². The molecule has 0 radical (unpaired) electrons. The van der Waals surface area contributed by atoms with Crippen molar-refractivity contribution in [2.75, 3.05) is 19.0 Å². The van der Waals surface area contributed by atoms with Gasteiger partial charge in [0.15, 0.2) is 0 Å².